The first-order valence-electron chi connectivity index (χ1n) is 6.76. The fourth-order valence-electron chi connectivity index (χ4n) is 2.88. The lowest BCUT2D eigenvalue weighted by molar-refractivity contribution is 0.322. The minimum absolute atomic E-state index is 0.0382. The summed E-state index contributed by atoms with van der Waals surface area (Å²) in [5.41, 5.74) is 7.44. The first-order valence-corrected chi connectivity index (χ1v) is 6.76. The Morgan fingerprint density at radius 1 is 1.00 bits per heavy atom. The van der Waals surface area contributed by atoms with E-state index in [0.29, 0.717) is 23.2 Å². The molecular formula is C15H23NO3. The SMILES string of the molecule is COc1cc([C@@H](N)C2CCCC2)cc(OC)c1OC. The molecule has 0 aliphatic heterocycles. The number of rotatable bonds is 5. The summed E-state index contributed by atoms with van der Waals surface area (Å²) in [7, 11) is 4.86. The molecule has 4 heteroatoms. The number of benzene rings is 1. The van der Waals surface area contributed by atoms with Crippen LogP contribution >= 0.6 is 0 Å². The molecule has 1 aromatic carbocycles. The molecule has 0 amide bonds. The molecule has 1 aromatic rings. The smallest absolute Gasteiger partial charge is 0.203 e. The Hall–Kier alpha value is -1.42. The van der Waals surface area contributed by atoms with Crippen LogP contribution < -0.4 is 19.9 Å². The molecule has 1 atom stereocenters. The van der Waals surface area contributed by atoms with Gasteiger partial charge in [0.1, 0.15) is 0 Å². The molecule has 2 N–H and O–H groups in total. The van der Waals surface area contributed by atoms with E-state index >= 15 is 0 Å². The third-order valence-electron chi connectivity index (χ3n) is 3.98. The van der Waals surface area contributed by atoms with Gasteiger partial charge in [-0.2, -0.15) is 0 Å². The van der Waals surface area contributed by atoms with E-state index in [1.54, 1.807) is 21.3 Å². The van der Waals surface area contributed by atoms with Crippen molar-refractivity contribution in [3.8, 4) is 17.2 Å². The summed E-state index contributed by atoms with van der Waals surface area (Å²) in [5.74, 6) is 2.52. The first kappa shape index (κ1) is 14.0. The third-order valence-corrected chi connectivity index (χ3v) is 3.98. The van der Waals surface area contributed by atoms with E-state index in [2.05, 4.69) is 0 Å². The highest BCUT2D eigenvalue weighted by atomic mass is 16.5. The van der Waals surface area contributed by atoms with Crippen LogP contribution in [0.5, 0.6) is 17.2 Å². The summed E-state index contributed by atoms with van der Waals surface area (Å²) in [6.07, 6.45) is 4.97. The van der Waals surface area contributed by atoms with Gasteiger partial charge in [-0.15, -0.1) is 0 Å². The Balaban J connectivity index is 2.34. The van der Waals surface area contributed by atoms with Crippen LogP contribution in [0.3, 0.4) is 0 Å². The topological polar surface area (TPSA) is 53.7 Å². The minimum atomic E-state index is 0.0382. The highest BCUT2D eigenvalue weighted by molar-refractivity contribution is 5.54. The van der Waals surface area contributed by atoms with Crippen molar-refractivity contribution in [3.05, 3.63) is 17.7 Å². The van der Waals surface area contributed by atoms with Gasteiger partial charge < -0.3 is 19.9 Å². The zero-order valence-electron chi connectivity index (χ0n) is 11.9. The van der Waals surface area contributed by atoms with Gasteiger partial charge in [0.25, 0.3) is 0 Å². The quantitative estimate of drug-likeness (QED) is 0.889. The second-order valence-electron chi connectivity index (χ2n) is 5.03. The molecule has 106 valence electrons. The Morgan fingerprint density at radius 2 is 1.53 bits per heavy atom. The molecule has 4 nitrogen and oxygen atoms in total. The first-order chi connectivity index (χ1) is 9.21. The lowest BCUT2D eigenvalue weighted by atomic mass is 9.92. The number of nitrogens with two attached hydrogens (primary N) is 1. The molecule has 0 aromatic heterocycles. The van der Waals surface area contributed by atoms with Gasteiger partial charge >= 0.3 is 0 Å². The second-order valence-corrected chi connectivity index (χ2v) is 5.03. The van der Waals surface area contributed by atoms with Crippen molar-refractivity contribution in [2.24, 2.45) is 11.7 Å². The van der Waals surface area contributed by atoms with E-state index < -0.39 is 0 Å². The molecule has 0 heterocycles. The Bertz CT molecular complexity index is 402. The van der Waals surface area contributed by atoms with E-state index in [0.717, 1.165) is 5.56 Å². The van der Waals surface area contributed by atoms with E-state index in [-0.39, 0.29) is 6.04 Å². The summed E-state index contributed by atoms with van der Waals surface area (Å²) in [6, 6.07) is 3.96. The van der Waals surface area contributed by atoms with Crippen LogP contribution in [0.15, 0.2) is 12.1 Å². The Labute approximate surface area is 114 Å². The van der Waals surface area contributed by atoms with Gasteiger partial charge in [0, 0.05) is 6.04 Å². The van der Waals surface area contributed by atoms with Gasteiger partial charge in [0.2, 0.25) is 5.75 Å². The monoisotopic (exact) mass is 265 g/mol. The molecule has 0 spiro atoms. The normalized spacial score (nSPS) is 17.3. The number of hydrogen-bond acceptors (Lipinski definition) is 4. The number of hydrogen-bond donors (Lipinski definition) is 1. The molecular weight excluding hydrogens is 242 g/mol. The summed E-state index contributed by atoms with van der Waals surface area (Å²) in [6.45, 7) is 0. The highest BCUT2D eigenvalue weighted by Gasteiger charge is 2.25. The van der Waals surface area contributed by atoms with Crippen LogP contribution in [0.4, 0.5) is 0 Å². The van der Waals surface area contributed by atoms with Crippen LogP contribution in [0.1, 0.15) is 37.3 Å². The predicted octanol–water partition coefficient (Wildman–Crippen LogP) is 2.90. The predicted molar refractivity (Wildman–Crippen MR) is 75.0 cm³/mol. The maximum absolute atomic E-state index is 6.39. The Morgan fingerprint density at radius 3 is 1.95 bits per heavy atom. The van der Waals surface area contributed by atoms with Gasteiger partial charge in [-0.3, -0.25) is 0 Å². The fraction of sp³-hybridized carbons (Fsp3) is 0.600. The van der Waals surface area contributed by atoms with Crippen molar-refractivity contribution < 1.29 is 14.2 Å². The largest absolute Gasteiger partial charge is 0.493 e. The zero-order valence-corrected chi connectivity index (χ0v) is 11.9. The van der Waals surface area contributed by atoms with E-state index in [1.807, 2.05) is 12.1 Å². The van der Waals surface area contributed by atoms with Crippen molar-refractivity contribution in [2.75, 3.05) is 21.3 Å². The number of methoxy groups -OCH3 is 3. The molecule has 1 aliphatic rings. The van der Waals surface area contributed by atoms with Crippen LogP contribution in [-0.2, 0) is 0 Å². The molecule has 0 saturated heterocycles. The van der Waals surface area contributed by atoms with Crippen molar-refractivity contribution in [1.29, 1.82) is 0 Å². The van der Waals surface area contributed by atoms with Crippen molar-refractivity contribution >= 4 is 0 Å². The summed E-state index contributed by atoms with van der Waals surface area (Å²) >= 11 is 0. The molecule has 1 saturated carbocycles. The van der Waals surface area contributed by atoms with Gasteiger partial charge in [0.05, 0.1) is 21.3 Å². The van der Waals surface area contributed by atoms with Crippen LogP contribution in [-0.4, -0.2) is 21.3 Å². The van der Waals surface area contributed by atoms with Gasteiger partial charge in [0.15, 0.2) is 11.5 Å². The molecule has 0 radical (unpaired) electrons. The fourth-order valence-corrected chi connectivity index (χ4v) is 2.88. The van der Waals surface area contributed by atoms with Crippen LogP contribution in [0, 0.1) is 5.92 Å². The maximum atomic E-state index is 6.39. The highest BCUT2D eigenvalue weighted by Crippen LogP contribution is 2.42. The minimum Gasteiger partial charge on any atom is -0.493 e. The van der Waals surface area contributed by atoms with Gasteiger partial charge in [-0.1, -0.05) is 12.8 Å². The Kier molecular flexibility index (Phi) is 4.53. The molecule has 1 fully saturated rings. The van der Waals surface area contributed by atoms with Crippen LogP contribution in [0.25, 0.3) is 0 Å². The molecule has 1 aliphatic carbocycles. The summed E-state index contributed by atoms with van der Waals surface area (Å²) in [5, 5.41) is 0. The van der Waals surface area contributed by atoms with E-state index in [4.69, 9.17) is 19.9 Å². The molecule has 19 heavy (non-hydrogen) atoms. The van der Waals surface area contributed by atoms with Crippen LogP contribution in [0.2, 0.25) is 0 Å². The second kappa shape index (κ2) is 6.15. The molecule has 2 rings (SSSR count). The van der Waals surface area contributed by atoms with Gasteiger partial charge in [-0.25, -0.2) is 0 Å². The average molecular weight is 265 g/mol. The summed E-state index contributed by atoms with van der Waals surface area (Å²) in [4.78, 5) is 0. The standard InChI is InChI=1S/C15H23NO3/c1-17-12-8-11(9-13(18-2)15(12)19-3)14(16)10-6-4-5-7-10/h8-10,14H,4-7,16H2,1-3H3/t14-/m0/s1. The average Bonchev–Trinajstić information content (AvgIpc) is 2.98. The third kappa shape index (κ3) is 2.78. The number of ether oxygens (including phenoxy) is 3. The summed E-state index contributed by atoms with van der Waals surface area (Å²) < 4.78 is 16.1. The molecule has 0 unspecified atom stereocenters. The van der Waals surface area contributed by atoms with Crippen molar-refractivity contribution in [3.63, 3.8) is 0 Å². The maximum Gasteiger partial charge on any atom is 0.203 e. The van der Waals surface area contributed by atoms with Crippen molar-refractivity contribution in [2.45, 2.75) is 31.7 Å². The zero-order chi connectivity index (χ0) is 13.8. The van der Waals surface area contributed by atoms with E-state index in [9.17, 15) is 0 Å². The lowest BCUT2D eigenvalue weighted by Crippen LogP contribution is -2.19. The molecule has 0 bridgehead atoms. The van der Waals surface area contributed by atoms with E-state index in [1.165, 1.54) is 25.7 Å². The van der Waals surface area contributed by atoms with Gasteiger partial charge in [-0.05, 0) is 36.5 Å². The lowest BCUT2D eigenvalue weighted by Gasteiger charge is -2.21. The van der Waals surface area contributed by atoms with Crippen molar-refractivity contribution in [1.82, 2.24) is 0 Å².